The molecule has 4 rings (SSSR count). The van der Waals surface area contributed by atoms with E-state index in [2.05, 4.69) is 19.1 Å². The van der Waals surface area contributed by atoms with Crippen LogP contribution in [0.1, 0.15) is 75.3 Å². The number of allylic oxidation sites excluding steroid dienone is 2. The van der Waals surface area contributed by atoms with Gasteiger partial charge in [0.15, 0.2) is 0 Å². The van der Waals surface area contributed by atoms with Gasteiger partial charge in [-0.1, -0.05) is 24.3 Å². The summed E-state index contributed by atoms with van der Waals surface area (Å²) in [5, 5.41) is 0. The van der Waals surface area contributed by atoms with Crippen molar-refractivity contribution in [2.24, 2.45) is 17.8 Å². The highest BCUT2D eigenvalue weighted by molar-refractivity contribution is 5.65. The van der Waals surface area contributed by atoms with Crippen molar-refractivity contribution in [3.8, 4) is 11.1 Å². The standard InChI is InChI=1S/C28H33F3/c1-3-4-19-5-7-20(8-6-19)21-9-11-22(12-10-21)23-13-14-25(28(31)15-23)24-16-26(29)18(2)27(30)17-24/h3-4,13-17,19-22H,5-12H2,1-2H3/b4-3+. The summed E-state index contributed by atoms with van der Waals surface area (Å²) in [6.45, 7) is 3.50. The van der Waals surface area contributed by atoms with Crippen LogP contribution < -0.4 is 0 Å². The molecule has 0 aliphatic heterocycles. The average Bonchev–Trinajstić information content (AvgIpc) is 2.78. The number of benzene rings is 2. The molecule has 2 aromatic carbocycles. The van der Waals surface area contributed by atoms with E-state index in [1.165, 1.54) is 57.6 Å². The third-order valence-electron chi connectivity index (χ3n) is 7.78. The van der Waals surface area contributed by atoms with Crippen molar-refractivity contribution in [2.45, 2.75) is 71.1 Å². The highest BCUT2D eigenvalue weighted by atomic mass is 19.1. The Labute approximate surface area is 184 Å². The summed E-state index contributed by atoms with van der Waals surface area (Å²) in [4.78, 5) is 0. The van der Waals surface area contributed by atoms with E-state index >= 15 is 0 Å². The first kappa shape index (κ1) is 22.2. The zero-order valence-electron chi connectivity index (χ0n) is 18.6. The lowest BCUT2D eigenvalue weighted by atomic mass is 9.68. The van der Waals surface area contributed by atoms with Gasteiger partial charge in [0.05, 0.1) is 0 Å². The van der Waals surface area contributed by atoms with Crippen LogP contribution in [0.5, 0.6) is 0 Å². The Hall–Kier alpha value is -2.03. The first-order chi connectivity index (χ1) is 15.0. The summed E-state index contributed by atoms with van der Waals surface area (Å²) in [5.74, 6) is 1.14. The van der Waals surface area contributed by atoms with E-state index in [-0.39, 0.29) is 16.7 Å². The topological polar surface area (TPSA) is 0 Å². The SMILES string of the molecule is C/C=C/C1CCC(C2CCC(c3ccc(-c4cc(F)c(C)c(F)c4)c(F)c3)CC2)CC1. The maximum Gasteiger partial charge on any atom is 0.131 e. The predicted molar refractivity (Wildman–Crippen MR) is 121 cm³/mol. The molecule has 0 saturated heterocycles. The van der Waals surface area contributed by atoms with Crippen molar-refractivity contribution in [1.29, 1.82) is 0 Å². The monoisotopic (exact) mass is 426 g/mol. The molecule has 0 bridgehead atoms. The number of hydrogen-bond donors (Lipinski definition) is 0. The van der Waals surface area contributed by atoms with E-state index < -0.39 is 17.5 Å². The second kappa shape index (κ2) is 9.63. The molecule has 2 aromatic rings. The molecule has 2 saturated carbocycles. The van der Waals surface area contributed by atoms with Crippen molar-refractivity contribution in [2.75, 3.05) is 0 Å². The summed E-state index contributed by atoms with van der Waals surface area (Å²) in [7, 11) is 0. The number of rotatable bonds is 4. The van der Waals surface area contributed by atoms with Crippen LogP contribution in [-0.4, -0.2) is 0 Å². The minimum atomic E-state index is -0.642. The molecule has 166 valence electrons. The second-order valence-electron chi connectivity index (χ2n) is 9.62. The highest BCUT2D eigenvalue weighted by Crippen LogP contribution is 2.44. The van der Waals surface area contributed by atoms with Gasteiger partial charge in [0.25, 0.3) is 0 Å². The highest BCUT2D eigenvalue weighted by Gasteiger charge is 2.31. The molecule has 0 N–H and O–H groups in total. The summed E-state index contributed by atoms with van der Waals surface area (Å²) in [6, 6.07) is 7.64. The third-order valence-corrected chi connectivity index (χ3v) is 7.78. The average molecular weight is 427 g/mol. The van der Waals surface area contributed by atoms with Crippen LogP contribution in [0.4, 0.5) is 13.2 Å². The fraction of sp³-hybridized carbons (Fsp3) is 0.500. The van der Waals surface area contributed by atoms with E-state index in [1.54, 1.807) is 12.1 Å². The van der Waals surface area contributed by atoms with Gasteiger partial charge in [0, 0.05) is 11.1 Å². The second-order valence-corrected chi connectivity index (χ2v) is 9.62. The molecule has 0 amide bonds. The predicted octanol–water partition coefficient (Wildman–Crippen LogP) is 8.74. The van der Waals surface area contributed by atoms with Crippen molar-refractivity contribution in [1.82, 2.24) is 0 Å². The molecule has 0 radical (unpaired) electrons. The van der Waals surface area contributed by atoms with Gasteiger partial charge in [-0.15, -0.1) is 0 Å². The van der Waals surface area contributed by atoms with Crippen LogP contribution in [0, 0.1) is 42.1 Å². The Kier molecular flexibility index (Phi) is 6.89. The molecule has 2 aliphatic rings. The number of hydrogen-bond acceptors (Lipinski definition) is 0. The fourth-order valence-corrected chi connectivity index (χ4v) is 5.83. The first-order valence-corrected chi connectivity index (χ1v) is 11.8. The third kappa shape index (κ3) is 4.91. The molecule has 3 heteroatoms. The molecule has 0 nitrogen and oxygen atoms in total. The Morgan fingerprint density at radius 3 is 1.87 bits per heavy atom. The molecule has 31 heavy (non-hydrogen) atoms. The van der Waals surface area contributed by atoms with E-state index in [1.807, 2.05) is 6.07 Å². The van der Waals surface area contributed by atoms with Crippen LogP contribution >= 0.6 is 0 Å². The normalized spacial score (nSPS) is 27.0. The maximum absolute atomic E-state index is 14.9. The lowest BCUT2D eigenvalue weighted by Gasteiger charge is -2.37. The van der Waals surface area contributed by atoms with E-state index in [4.69, 9.17) is 0 Å². The molecule has 2 aliphatic carbocycles. The van der Waals surface area contributed by atoms with Gasteiger partial charge in [-0.25, -0.2) is 13.2 Å². The van der Waals surface area contributed by atoms with Crippen molar-refractivity contribution >= 4 is 0 Å². The zero-order chi connectivity index (χ0) is 22.0. The van der Waals surface area contributed by atoms with Crippen LogP contribution in [0.25, 0.3) is 11.1 Å². The Bertz CT molecular complexity index is 906. The van der Waals surface area contributed by atoms with Gasteiger partial charge in [-0.2, -0.15) is 0 Å². The molecule has 0 unspecified atom stereocenters. The minimum Gasteiger partial charge on any atom is -0.207 e. The van der Waals surface area contributed by atoms with Crippen molar-refractivity contribution < 1.29 is 13.2 Å². The van der Waals surface area contributed by atoms with Crippen LogP contribution in [0.3, 0.4) is 0 Å². The number of halogens is 3. The molecular weight excluding hydrogens is 393 g/mol. The quantitative estimate of drug-likeness (QED) is 0.429. The lowest BCUT2D eigenvalue weighted by molar-refractivity contribution is 0.171. The lowest BCUT2D eigenvalue weighted by Crippen LogP contribution is -2.25. The summed E-state index contributed by atoms with van der Waals surface area (Å²) in [5.41, 5.74) is 1.49. The Morgan fingerprint density at radius 1 is 0.742 bits per heavy atom. The largest absolute Gasteiger partial charge is 0.207 e. The molecule has 2 fully saturated rings. The maximum atomic E-state index is 14.9. The van der Waals surface area contributed by atoms with Crippen LogP contribution in [-0.2, 0) is 0 Å². The summed E-state index contributed by atoms with van der Waals surface area (Å²) in [6.07, 6.45) is 14.5. The van der Waals surface area contributed by atoms with E-state index in [0.717, 1.165) is 36.2 Å². The van der Waals surface area contributed by atoms with Crippen LogP contribution in [0.2, 0.25) is 0 Å². The zero-order valence-corrected chi connectivity index (χ0v) is 18.6. The molecular formula is C28H33F3. The van der Waals surface area contributed by atoms with Gasteiger partial charge in [-0.05, 0) is 118 Å². The summed E-state index contributed by atoms with van der Waals surface area (Å²) < 4.78 is 42.7. The van der Waals surface area contributed by atoms with Gasteiger partial charge >= 0.3 is 0 Å². The van der Waals surface area contributed by atoms with Gasteiger partial charge in [0.1, 0.15) is 17.5 Å². The smallest absolute Gasteiger partial charge is 0.131 e. The van der Waals surface area contributed by atoms with E-state index in [0.29, 0.717) is 5.92 Å². The van der Waals surface area contributed by atoms with Crippen molar-refractivity contribution in [3.05, 3.63) is 71.1 Å². The van der Waals surface area contributed by atoms with Gasteiger partial charge in [0.2, 0.25) is 0 Å². The van der Waals surface area contributed by atoms with E-state index in [9.17, 15) is 13.2 Å². The Morgan fingerprint density at radius 2 is 1.32 bits per heavy atom. The van der Waals surface area contributed by atoms with Gasteiger partial charge < -0.3 is 0 Å². The molecule has 0 heterocycles. The molecule has 0 spiro atoms. The Balaban J connectivity index is 1.39. The molecule has 0 aromatic heterocycles. The molecule has 0 atom stereocenters. The first-order valence-electron chi connectivity index (χ1n) is 11.8. The van der Waals surface area contributed by atoms with Crippen molar-refractivity contribution in [3.63, 3.8) is 0 Å². The fourth-order valence-electron chi connectivity index (χ4n) is 5.83. The van der Waals surface area contributed by atoms with Gasteiger partial charge in [-0.3, -0.25) is 0 Å². The van der Waals surface area contributed by atoms with Crippen LogP contribution in [0.15, 0.2) is 42.5 Å². The summed E-state index contributed by atoms with van der Waals surface area (Å²) >= 11 is 0. The minimum absolute atomic E-state index is 0.0344.